The van der Waals surface area contributed by atoms with E-state index < -0.39 is 0 Å². The molecule has 0 radical (unpaired) electrons. The van der Waals surface area contributed by atoms with Gasteiger partial charge in [0.2, 0.25) is 0 Å². The predicted octanol–water partition coefficient (Wildman–Crippen LogP) is 3.46. The SMILES string of the molecule is CCSc1cc(N)cc(Cl)c1.Cl. The molecule has 0 atom stereocenters. The number of hydrogen-bond donors (Lipinski definition) is 1. The highest BCUT2D eigenvalue weighted by Crippen LogP contribution is 2.24. The van der Waals surface area contributed by atoms with E-state index in [0.29, 0.717) is 5.02 Å². The van der Waals surface area contributed by atoms with Crippen LogP contribution in [0.1, 0.15) is 6.92 Å². The number of nitrogens with two attached hydrogens (primary N) is 1. The molecule has 0 aromatic heterocycles. The third-order valence-corrected chi connectivity index (χ3v) is 2.28. The Morgan fingerprint density at radius 3 is 2.58 bits per heavy atom. The van der Waals surface area contributed by atoms with Crippen molar-refractivity contribution in [2.75, 3.05) is 11.5 Å². The Morgan fingerprint density at radius 1 is 1.42 bits per heavy atom. The molecule has 0 amide bonds. The van der Waals surface area contributed by atoms with Gasteiger partial charge in [-0.3, -0.25) is 0 Å². The van der Waals surface area contributed by atoms with Crippen molar-refractivity contribution in [1.82, 2.24) is 0 Å². The van der Waals surface area contributed by atoms with E-state index in [1.165, 1.54) is 0 Å². The van der Waals surface area contributed by atoms with Crippen molar-refractivity contribution in [2.45, 2.75) is 11.8 Å². The van der Waals surface area contributed by atoms with Crippen LogP contribution < -0.4 is 5.73 Å². The zero-order valence-electron chi connectivity index (χ0n) is 6.71. The molecular weight excluding hydrogens is 213 g/mol. The molecule has 0 aliphatic carbocycles. The highest BCUT2D eigenvalue weighted by molar-refractivity contribution is 7.99. The Morgan fingerprint density at radius 2 is 2.08 bits per heavy atom. The van der Waals surface area contributed by atoms with E-state index in [1.54, 1.807) is 17.8 Å². The second-order valence-corrected chi connectivity index (χ2v) is 3.93. The minimum absolute atomic E-state index is 0. The molecule has 1 rings (SSSR count). The first-order valence-electron chi connectivity index (χ1n) is 3.41. The smallest absolute Gasteiger partial charge is 0.0437 e. The van der Waals surface area contributed by atoms with Gasteiger partial charge in [-0.2, -0.15) is 0 Å². The van der Waals surface area contributed by atoms with Crippen LogP contribution in [0, 0.1) is 0 Å². The van der Waals surface area contributed by atoms with Gasteiger partial charge in [0, 0.05) is 15.6 Å². The molecule has 2 N–H and O–H groups in total. The number of thioether (sulfide) groups is 1. The minimum atomic E-state index is 0. The molecule has 1 aromatic rings. The Kier molecular flexibility index (Phi) is 5.55. The molecule has 0 heterocycles. The maximum atomic E-state index is 5.79. The number of benzene rings is 1. The molecule has 0 unspecified atom stereocenters. The van der Waals surface area contributed by atoms with Gasteiger partial charge < -0.3 is 5.73 Å². The average molecular weight is 224 g/mol. The van der Waals surface area contributed by atoms with Gasteiger partial charge in [0.15, 0.2) is 0 Å². The second-order valence-electron chi connectivity index (χ2n) is 2.15. The van der Waals surface area contributed by atoms with Crippen LogP contribution in [0.4, 0.5) is 5.69 Å². The number of hydrogen-bond acceptors (Lipinski definition) is 2. The summed E-state index contributed by atoms with van der Waals surface area (Å²) >= 11 is 7.53. The standard InChI is InChI=1S/C8H10ClNS.ClH/c1-2-11-8-4-6(9)3-7(10)5-8;/h3-5H,2,10H2,1H3;1H. The van der Waals surface area contributed by atoms with Crippen molar-refractivity contribution >= 4 is 41.5 Å². The van der Waals surface area contributed by atoms with Crippen molar-refractivity contribution in [3.63, 3.8) is 0 Å². The molecule has 12 heavy (non-hydrogen) atoms. The summed E-state index contributed by atoms with van der Waals surface area (Å²) in [5, 5.41) is 0.709. The largest absolute Gasteiger partial charge is 0.399 e. The molecule has 0 bridgehead atoms. The first-order valence-corrected chi connectivity index (χ1v) is 4.77. The van der Waals surface area contributed by atoms with Gasteiger partial charge in [0.25, 0.3) is 0 Å². The van der Waals surface area contributed by atoms with Crippen LogP contribution in [-0.2, 0) is 0 Å². The lowest BCUT2D eigenvalue weighted by atomic mass is 10.3. The first kappa shape index (κ1) is 11.9. The number of halogens is 2. The van der Waals surface area contributed by atoms with Crippen molar-refractivity contribution in [2.24, 2.45) is 0 Å². The molecule has 0 aliphatic rings. The van der Waals surface area contributed by atoms with Crippen LogP contribution in [0.15, 0.2) is 23.1 Å². The highest BCUT2D eigenvalue weighted by Gasteiger charge is 1.95. The van der Waals surface area contributed by atoms with E-state index in [-0.39, 0.29) is 12.4 Å². The van der Waals surface area contributed by atoms with Crippen molar-refractivity contribution in [1.29, 1.82) is 0 Å². The lowest BCUT2D eigenvalue weighted by Gasteiger charge is -2.00. The first-order chi connectivity index (χ1) is 5.22. The number of rotatable bonds is 2. The third kappa shape index (κ3) is 3.57. The maximum absolute atomic E-state index is 5.79. The highest BCUT2D eigenvalue weighted by atomic mass is 35.5. The fourth-order valence-electron chi connectivity index (χ4n) is 0.834. The summed E-state index contributed by atoms with van der Waals surface area (Å²) in [4.78, 5) is 1.14. The van der Waals surface area contributed by atoms with E-state index in [2.05, 4.69) is 6.92 Å². The molecule has 0 aliphatic heterocycles. The fraction of sp³-hybridized carbons (Fsp3) is 0.250. The summed E-state index contributed by atoms with van der Waals surface area (Å²) in [6.45, 7) is 2.10. The predicted molar refractivity (Wildman–Crippen MR) is 59.5 cm³/mol. The summed E-state index contributed by atoms with van der Waals surface area (Å²) in [5.74, 6) is 1.04. The van der Waals surface area contributed by atoms with Crippen LogP contribution in [0.3, 0.4) is 0 Å². The molecule has 0 saturated carbocycles. The summed E-state index contributed by atoms with van der Waals surface area (Å²) in [6, 6.07) is 5.60. The van der Waals surface area contributed by atoms with Gasteiger partial charge in [-0.25, -0.2) is 0 Å². The molecule has 0 saturated heterocycles. The number of nitrogen functional groups attached to an aromatic ring is 1. The zero-order valence-corrected chi connectivity index (χ0v) is 9.10. The fourth-order valence-corrected chi connectivity index (χ4v) is 1.91. The molecular formula is C8H11Cl2NS. The maximum Gasteiger partial charge on any atom is 0.0437 e. The van der Waals surface area contributed by atoms with E-state index in [1.807, 2.05) is 12.1 Å². The van der Waals surface area contributed by atoms with Gasteiger partial charge >= 0.3 is 0 Å². The van der Waals surface area contributed by atoms with Gasteiger partial charge in [-0.1, -0.05) is 18.5 Å². The van der Waals surface area contributed by atoms with Gasteiger partial charge in [0.05, 0.1) is 0 Å². The Hall–Kier alpha value is -0.0500. The van der Waals surface area contributed by atoms with E-state index >= 15 is 0 Å². The molecule has 1 aromatic carbocycles. The topological polar surface area (TPSA) is 26.0 Å². The van der Waals surface area contributed by atoms with E-state index in [4.69, 9.17) is 17.3 Å². The van der Waals surface area contributed by atoms with Crippen LogP contribution in [0.2, 0.25) is 5.02 Å². The molecule has 0 fully saturated rings. The second kappa shape index (κ2) is 5.57. The lowest BCUT2D eigenvalue weighted by molar-refractivity contribution is 1.43. The van der Waals surface area contributed by atoms with Gasteiger partial charge in [-0.05, 0) is 24.0 Å². The van der Waals surface area contributed by atoms with Gasteiger partial charge in [0.1, 0.15) is 0 Å². The molecule has 0 spiro atoms. The van der Waals surface area contributed by atoms with Gasteiger partial charge in [-0.15, -0.1) is 24.2 Å². The molecule has 68 valence electrons. The minimum Gasteiger partial charge on any atom is -0.399 e. The monoisotopic (exact) mass is 223 g/mol. The Bertz CT molecular complexity index is 233. The summed E-state index contributed by atoms with van der Waals surface area (Å²) in [7, 11) is 0. The normalized spacial score (nSPS) is 9.17. The number of anilines is 1. The van der Waals surface area contributed by atoms with Crippen LogP contribution >= 0.6 is 35.8 Å². The third-order valence-electron chi connectivity index (χ3n) is 1.20. The summed E-state index contributed by atoms with van der Waals surface area (Å²) in [5.41, 5.74) is 6.32. The Balaban J connectivity index is 0.00000121. The van der Waals surface area contributed by atoms with Crippen molar-refractivity contribution < 1.29 is 0 Å². The van der Waals surface area contributed by atoms with E-state index in [0.717, 1.165) is 16.3 Å². The molecule has 1 nitrogen and oxygen atoms in total. The van der Waals surface area contributed by atoms with Crippen molar-refractivity contribution in [3.8, 4) is 0 Å². The quantitative estimate of drug-likeness (QED) is 0.615. The van der Waals surface area contributed by atoms with Crippen LogP contribution in [-0.4, -0.2) is 5.75 Å². The Labute approximate surface area is 88.1 Å². The average Bonchev–Trinajstić information content (AvgIpc) is 1.85. The van der Waals surface area contributed by atoms with E-state index in [9.17, 15) is 0 Å². The summed E-state index contributed by atoms with van der Waals surface area (Å²) in [6.07, 6.45) is 0. The van der Waals surface area contributed by atoms with Crippen molar-refractivity contribution in [3.05, 3.63) is 23.2 Å². The van der Waals surface area contributed by atoms with Crippen LogP contribution in [0.5, 0.6) is 0 Å². The summed E-state index contributed by atoms with van der Waals surface area (Å²) < 4.78 is 0. The molecule has 4 heteroatoms. The lowest BCUT2D eigenvalue weighted by Crippen LogP contribution is -1.84. The zero-order chi connectivity index (χ0) is 8.27. The van der Waals surface area contributed by atoms with Crippen LogP contribution in [0.25, 0.3) is 0 Å².